The van der Waals surface area contributed by atoms with Gasteiger partial charge in [-0.2, -0.15) is 0 Å². The van der Waals surface area contributed by atoms with Gasteiger partial charge in [0, 0.05) is 13.1 Å². The zero-order valence-electron chi connectivity index (χ0n) is 12.0. The fourth-order valence-electron chi connectivity index (χ4n) is 2.82. The molecule has 6 heteroatoms. The van der Waals surface area contributed by atoms with E-state index in [0.29, 0.717) is 36.6 Å². The van der Waals surface area contributed by atoms with E-state index in [2.05, 4.69) is 12.2 Å². The maximum atomic E-state index is 12.7. The summed E-state index contributed by atoms with van der Waals surface area (Å²) >= 11 is 0. The van der Waals surface area contributed by atoms with Gasteiger partial charge in [0.1, 0.15) is 0 Å². The minimum atomic E-state index is -0.205. The van der Waals surface area contributed by atoms with Gasteiger partial charge in [-0.15, -0.1) is 0 Å². The van der Waals surface area contributed by atoms with Gasteiger partial charge < -0.3 is 20.7 Å². The van der Waals surface area contributed by atoms with Crippen molar-refractivity contribution in [3.8, 4) is 5.75 Å². The quantitative estimate of drug-likeness (QED) is 0.844. The number of likely N-dealkylation sites (tertiary alicyclic amines) is 1. The van der Waals surface area contributed by atoms with Crippen LogP contribution in [-0.4, -0.2) is 43.0 Å². The summed E-state index contributed by atoms with van der Waals surface area (Å²) in [7, 11) is 0. The molecule has 0 spiro atoms. The molecular weight excluding hydrogens is 270 g/mol. The Kier molecular flexibility index (Phi) is 3.33. The lowest BCUT2D eigenvalue weighted by atomic mass is 9.90. The van der Waals surface area contributed by atoms with Crippen molar-refractivity contribution in [2.45, 2.75) is 13.3 Å². The molecule has 3 rings (SSSR count). The second kappa shape index (κ2) is 5.04. The van der Waals surface area contributed by atoms with Crippen molar-refractivity contribution < 1.29 is 14.3 Å². The molecule has 3 N–H and O–H groups in total. The number of nitrogens with one attached hydrogen (secondary N) is 1. The fraction of sp³-hybridized carbons (Fsp3) is 0.467. The van der Waals surface area contributed by atoms with E-state index in [0.717, 1.165) is 6.42 Å². The number of anilines is 1. The predicted octanol–water partition coefficient (Wildman–Crippen LogP) is 0.828. The Morgan fingerprint density at radius 3 is 3.05 bits per heavy atom. The molecule has 1 atom stereocenters. The van der Waals surface area contributed by atoms with E-state index in [4.69, 9.17) is 10.5 Å². The molecule has 2 heterocycles. The van der Waals surface area contributed by atoms with E-state index in [1.165, 1.54) is 0 Å². The van der Waals surface area contributed by atoms with Crippen LogP contribution in [0.2, 0.25) is 0 Å². The summed E-state index contributed by atoms with van der Waals surface area (Å²) in [5.74, 6) is 0.188. The Balaban J connectivity index is 1.86. The van der Waals surface area contributed by atoms with Gasteiger partial charge >= 0.3 is 0 Å². The van der Waals surface area contributed by atoms with Crippen molar-refractivity contribution in [3.05, 3.63) is 23.8 Å². The van der Waals surface area contributed by atoms with E-state index >= 15 is 0 Å². The number of hydrogen-bond donors (Lipinski definition) is 2. The van der Waals surface area contributed by atoms with Crippen LogP contribution in [0, 0.1) is 5.41 Å². The molecule has 1 saturated heterocycles. The number of nitrogens with two attached hydrogens (primary N) is 1. The first-order chi connectivity index (χ1) is 10.0. The van der Waals surface area contributed by atoms with Crippen molar-refractivity contribution in [1.82, 2.24) is 4.90 Å². The van der Waals surface area contributed by atoms with E-state index in [1.54, 1.807) is 18.2 Å². The molecule has 0 radical (unpaired) electrons. The molecule has 2 aliphatic heterocycles. The number of para-hydroxylation sites is 1. The number of hydrogen-bond acceptors (Lipinski definition) is 4. The number of carbonyl (C=O) groups is 2. The summed E-state index contributed by atoms with van der Waals surface area (Å²) in [6.45, 7) is 3.95. The van der Waals surface area contributed by atoms with Crippen molar-refractivity contribution in [2.24, 2.45) is 11.1 Å². The van der Waals surface area contributed by atoms with Crippen molar-refractivity contribution in [2.75, 3.05) is 31.6 Å². The van der Waals surface area contributed by atoms with Gasteiger partial charge in [0.2, 0.25) is 0 Å². The van der Waals surface area contributed by atoms with Gasteiger partial charge in [0.15, 0.2) is 12.4 Å². The third kappa shape index (κ3) is 2.47. The van der Waals surface area contributed by atoms with Crippen molar-refractivity contribution in [3.63, 3.8) is 0 Å². The van der Waals surface area contributed by atoms with Gasteiger partial charge in [-0.05, 0) is 30.5 Å². The molecule has 0 aliphatic carbocycles. The first-order valence-corrected chi connectivity index (χ1v) is 7.07. The molecule has 1 aromatic carbocycles. The van der Waals surface area contributed by atoms with E-state index in [1.807, 2.05) is 4.90 Å². The smallest absolute Gasteiger partial charge is 0.262 e. The number of benzene rings is 1. The Morgan fingerprint density at radius 2 is 2.33 bits per heavy atom. The van der Waals surface area contributed by atoms with Gasteiger partial charge in [-0.25, -0.2) is 0 Å². The maximum Gasteiger partial charge on any atom is 0.262 e. The fourth-order valence-corrected chi connectivity index (χ4v) is 2.82. The van der Waals surface area contributed by atoms with Crippen LogP contribution in [0.1, 0.15) is 23.7 Å². The lowest BCUT2D eigenvalue weighted by Gasteiger charge is -2.25. The minimum absolute atomic E-state index is 0.0143. The zero-order chi connectivity index (χ0) is 15.0. The van der Waals surface area contributed by atoms with Crippen LogP contribution in [-0.2, 0) is 4.79 Å². The average Bonchev–Trinajstić information content (AvgIpc) is 2.89. The molecule has 1 fully saturated rings. The third-order valence-corrected chi connectivity index (χ3v) is 4.20. The molecule has 1 unspecified atom stereocenters. The molecule has 112 valence electrons. The monoisotopic (exact) mass is 289 g/mol. The van der Waals surface area contributed by atoms with Gasteiger partial charge in [0.05, 0.1) is 11.3 Å². The highest BCUT2D eigenvalue weighted by Gasteiger charge is 2.36. The summed E-state index contributed by atoms with van der Waals surface area (Å²) in [5, 5.41) is 2.72. The lowest BCUT2D eigenvalue weighted by Crippen LogP contribution is -2.35. The number of ether oxygens (including phenoxy) is 1. The standard InChI is InChI=1S/C15H19N3O3/c1-15(8-16)5-6-18(9-15)14(20)10-3-2-4-11-13(10)21-7-12(19)17-11/h2-4H,5-9,16H2,1H3,(H,17,19). The second-order valence-corrected chi connectivity index (χ2v) is 6.01. The topological polar surface area (TPSA) is 84.7 Å². The highest BCUT2D eigenvalue weighted by atomic mass is 16.5. The highest BCUT2D eigenvalue weighted by molar-refractivity contribution is 6.03. The molecule has 2 amide bonds. The van der Waals surface area contributed by atoms with E-state index < -0.39 is 0 Å². The summed E-state index contributed by atoms with van der Waals surface area (Å²) in [6.07, 6.45) is 0.905. The van der Waals surface area contributed by atoms with Gasteiger partial charge in [0.25, 0.3) is 11.8 Å². The van der Waals surface area contributed by atoms with E-state index in [-0.39, 0.29) is 23.8 Å². The third-order valence-electron chi connectivity index (χ3n) is 4.20. The summed E-state index contributed by atoms with van der Waals surface area (Å²) in [4.78, 5) is 25.8. The van der Waals surface area contributed by atoms with Crippen LogP contribution in [0.25, 0.3) is 0 Å². The minimum Gasteiger partial charge on any atom is -0.481 e. The summed E-state index contributed by atoms with van der Waals surface area (Å²) in [5.41, 5.74) is 6.82. The van der Waals surface area contributed by atoms with Gasteiger partial charge in [-0.3, -0.25) is 9.59 Å². The SMILES string of the molecule is CC1(CN)CCN(C(=O)c2cccc3c2OCC(=O)N3)C1. The normalized spacial score (nSPS) is 24.3. The first-order valence-electron chi connectivity index (χ1n) is 7.07. The molecule has 0 bridgehead atoms. The van der Waals surface area contributed by atoms with Crippen LogP contribution < -0.4 is 15.8 Å². The number of amides is 2. The first kappa shape index (κ1) is 13.9. The summed E-state index contributed by atoms with van der Waals surface area (Å²) < 4.78 is 5.44. The number of fused-ring (bicyclic) bond motifs is 1. The highest BCUT2D eigenvalue weighted by Crippen LogP contribution is 2.35. The van der Waals surface area contributed by atoms with Crippen LogP contribution in [0.3, 0.4) is 0 Å². The maximum absolute atomic E-state index is 12.7. The van der Waals surface area contributed by atoms with Crippen LogP contribution in [0.5, 0.6) is 5.75 Å². The van der Waals surface area contributed by atoms with Crippen LogP contribution >= 0.6 is 0 Å². The lowest BCUT2D eigenvalue weighted by molar-refractivity contribution is -0.118. The largest absolute Gasteiger partial charge is 0.481 e. The Labute approximate surface area is 123 Å². The molecule has 1 aromatic rings. The number of rotatable bonds is 2. The number of carbonyl (C=O) groups excluding carboxylic acids is 2. The Bertz CT molecular complexity index is 602. The predicted molar refractivity (Wildman–Crippen MR) is 78.2 cm³/mol. The van der Waals surface area contributed by atoms with Crippen LogP contribution in [0.15, 0.2) is 18.2 Å². The Hall–Kier alpha value is -2.08. The second-order valence-electron chi connectivity index (χ2n) is 6.01. The Morgan fingerprint density at radius 1 is 1.52 bits per heavy atom. The van der Waals surface area contributed by atoms with Crippen molar-refractivity contribution >= 4 is 17.5 Å². The molecular formula is C15H19N3O3. The molecule has 21 heavy (non-hydrogen) atoms. The summed E-state index contributed by atoms with van der Waals surface area (Å²) in [6, 6.07) is 5.22. The zero-order valence-corrected chi connectivity index (χ0v) is 12.0. The van der Waals surface area contributed by atoms with Crippen molar-refractivity contribution in [1.29, 1.82) is 0 Å². The van der Waals surface area contributed by atoms with Crippen LogP contribution in [0.4, 0.5) is 5.69 Å². The number of nitrogens with zero attached hydrogens (tertiary/aromatic N) is 1. The van der Waals surface area contributed by atoms with E-state index in [9.17, 15) is 9.59 Å². The molecule has 0 saturated carbocycles. The van der Waals surface area contributed by atoms with Gasteiger partial charge in [-0.1, -0.05) is 13.0 Å². The average molecular weight is 289 g/mol. The molecule has 0 aromatic heterocycles. The molecule has 6 nitrogen and oxygen atoms in total. The molecule has 2 aliphatic rings.